The molecule has 11 heteroatoms. The van der Waals surface area contributed by atoms with Crippen LogP contribution in [0.3, 0.4) is 0 Å². The summed E-state index contributed by atoms with van der Waals surface area (Å²) in [5.41, 5.74) is 8.34. The number of rotatable bonds is 7. The van der Waals surface area contributed by atoms with Gasteiger partial charge in [-0.3, -0.25) is 14.6 Å². The van der Waals surface area contributed by atoms with Gasteiger partial charge in [0, 0.05) is 65.3 Å². The first-order chi connectivity index (χ1) is 25.0. The number of esters is 1. The van der Waals surface area contributed by atoms with Crippen LogP contribution < -0.4 is 15.1 Å². The average molecular weight is 708 g/mol. The molecule has 0 aliphatic carbocycles. The van der Waals surface area contributed by atoms with Crippen LogP contribution in [0.15, 0.2) is 85.1 Å². The zero-order valence-electron chi connectivity index (χ0n) is 30.1. The van der Waals surface area contributed by atoms with Gasteiger partial charge in [0.25, 0.3) is 0 Å². The van der Waals surface area contributed by atoms with Crippen molar-refractivity contribution in [3.63, 3.8) is 0 Å². The van der Waals surface area contributed by atoms with E-state index in [0.717, 1.165) is 60.9 Å². The smallest absolute Gasteiger partial charge is 0.318 e. The average Bonchev–Trinajstić information content (AvgIpc) is 3.41. The number of hydrogen-bond acceptors (Lipinski definition) is 8. The quantitative estimate of drug-likeness (QED) is 0.134. The number of pyridine rings is 2. The lowest BCUT2D eigenvalue weighted by Gasteiger charge is -2.30. The van der Waals surface area contributed by atoms with Gasteiger partial charge in [-0.25, -0.2) is 13.8 Å². The van der Waals surface area contributed by atoms with E-state index in [1.165, 1.54) is 54.2 Å². The summed E-state index contributed by atoms with van der Waals surface area (Å²) >= 11 is 0. The minimum atomic E-state index is -0.918. The van der Waals surface area contributed by atoms with Crippen LogP contribution >= 0.6 is 0 Å². The van der Waals surface area contributed by atoms with Crippen molar-refractivity contribution in [1.29, 1.82) is 0 Å². The Hall–Kier alpha value is -5.42. The summed E-state index contributed by atoms with van der Waals surface area (Å²) in [4.78, 5) is 37.1. The summed E-state index contributed by atoms with van der Waals surface area (Å²) < 4.78 is 37.5. The Morgan fingerprint density at radius 1 is 0.981 bits per heavy atom. The molecule has 2 aliphatic rings. The zero-order valence-corrected chi connectivity index (χ0v) is 30.1. The van der Waals surface area contributed by atoms with Crippen molar-refractivity contribution in [2.75, 3.05) is 54.6 Å². The van der Waals surface area contributed by atoms with Crippen molar-refractivity contribution in [2.45, 2.75) is 40.0 Å². The highest BCUT2D eigenvalue weighted by Gasteiger charge is 2.38. The minimum Gasteiger partial charge on any atom is -0.465 e. The Bertz CT molecular complexity index is 2090. The molecule has 1 saturated heterocycles. The van der Waals surface area contributed by atoms with Crippen LogP contribution in [-0.4, -0.2) is 61.3 Å². The van der Waals surface area contributed by atoms with Crippen molar-refractivity contribution in [1.82, 2.24) is 9.97 Å². The van der Waals surface area contributed by atoms with Crippen molar-refractivity contribution in [3.8, 4) is 11.4 Å². The molecule has 1 amide bonds. The van der Waals surface area contributed by atoms with Crippen LogP contribution in [0.5, 0.6) is 0 Å². The monoisotopic (exact) mass is 707 g/mol. The molecule has 52 heavy (non-hydrogen) atoms. The standard InChI is InChI=1S/C29H29FN4O.C12H14FNO3/c1-19-27(24-6-4-5-11-31-24)32-25-16-20(30)7-9-22(25)28(19)34-18-29(2,3)23-10-8-21(17-26(23)34)33-12-14-35-15-13-33;1-3-17-12(16)8(2)11(15)14-10-6-4-5-9(13)7-10/h4-11,16-17H,12-15,18H2,1-3H3;4-8H,3H2,1-2H3,(H,14,15). The predicted molar refractivity (Wildman–Crippen MR) is 200 cm³/mol. The summed E-state index contributed by atoms with van der Waals surface area (Å²) in [5.74, 6) is -2.77. The Kier molecular flexibility index (Phi) is 10.8. The van der Waals surface area contributed by atoms with E-state index in [2.05, 4.69) is 59.1 Å². The lowest BCUT2D eigenvalue weighted by molar-refractivity contribution is -0.150. The third-order valence-electron chi connectivity index (χ3n) is 9.39. The van der Waals surface area contributed by atoms with Crippen LogP contribution in [0.25, 0.3) is 22.3 Å². The van der Waals surface area contributed by atoms with E-state index in [9.17, 15) is 18.4 Å². The number of nitrogens with one attached hydrogen (secondary N) is 1. The molecular weight excluding hydrogens is 664 g/mol. The molecule has 0 saturated carbocycles. The number of amides is 1. The van der Waals surface area contributed by atoms with Crippen LogP contribution in [0.1, 0.15) is 38.8 Å². The summed E-state index contributed by atoms with van der Waals surface area (Å²) in [6, 6.07) is 23.0. The molecule has 1 fully saturated rings. The topological polar surface area (TPSA) is 96.9 Å². The highest BCUT2D eigenvalue weighted by molar-refractivity contribution is 6.04. The third-order valence-corrected chi connectivity index (χ3v) is 9.39. The number of fused-ring (bicyclic) bond motifs is 2. The maximum atomic E-state index is 14.3. The van der Waals surface area contributed by atoms with E-state index in [4.69, 9.17) is 14.5 Å². The van der Waals surface area contributed by atoms with Crippen LogP contribution in [-0.2, 0) is 24.5 Å². The maximum absolute atomic E-state index is 14.3. The van der Waals surface area contributed by atoms with Gasteiger partial charge in [0.1, 0.15) is 17.6 Å². The van der Waals surface area contributed by atoms with E-state index in [1.54, 1.807) is 19.2 Å². The Balaban J connectivity index is 0.000000231. The number of morpholine rings is 1. The number of aromatic nitrogens is 2. The van der Waals surface area contributed by atoms with Crippen LogP contribution in [0.2, 0.25) is 0 Å². The largest absolute Gasteiger partial charge is 0.465 e. The molecule has 7 rings (SSSR count). The minimum absolute atomic E-state index is 0.0356. The number of benzene rings is 3. The fraction of sp³-hybridized carbons (Fsp3) is 0.317. The van der Waals surface area contributed by atoms with E-state index >= 15 is 0 Å². The van der Waals surface area contributed by atoms with Gasteiger partial charge in [-0.15, -0.1) is 0 Å². The molecule has 1 atom stereocenters. The van der Waals surface area contributed by atoms with E-state index in [1.807, 2.05) is 24.3 Å². The zero-order chi connectivity index (χ0) is 37.0. The maximum Gasteiger partial charge on any atom is 0.318 e. The second kappa shape index (κ2) is 15.4. The number of carbonyl (C=O) groups is 2. The normalized spacial score (nSPS) is 15.4. The number of carbonyl (C=O) groups excluding carboxylic acids is 2. The highest BCUT2D eigenvalue weighted by atomic mass is 19.1. The number of anilines is 4. The first-order valence-electron chi connectivity index (χ1n) is 17.5. The number of hydrogen-bond donors (Lipinski definition) is 1. The molecule has 9 nitrogen and oxygen atoms in total. The highest BCUT2D eigenvalue weighted by Crippen LogP contribution is 2.49. The molecule has 270 valence electrons. The fourth-order valence-electron chi connectivity index (χ4n) is 6.71. The number of ether oxygens (including phenoxy) is 2. The molecule has 5 aromatic rings. The number of nitrogens with zero attached hydrogens (tertiary/aromatic N) is 4. The van der Waals surface area contributed by atoms with E-state index in [-0.39, 0.29) is 17.8 Å². The Morgan fingerprint density at radius 3 is 2.46 bits per heavy atom. The second-order valence-electron chi connectivity index (χ2n) is 13.6. The van der Waals surface area contributed by atoms with Crippen molar-refractivity contribution >= 4 is 45.5 Å². The molecule has 0 bridgehead atoms. The Morgan fingerprint density at radius 2 is 1.75 bits per heavy atom. The van der Waals surface area contributed by atoms with E-state index in [0.29, 0.717) is 11.2 Å². The Labute approximate surface area is 302 Å². The molecule has 3 aromatic carbocycles. The molecule has 2 aliphatic heterocycles. The predicted octanol–water partition coefficient (Wildman–Crippen LogP) is 7.97. The first kappa shape index (κ1) is 36.4. The van der Waals surface area contributed by atoms with Gasteiger partial charge >= 0.3 is 5.97 Å². The molecule has 1 N–H and O–H groups in total. The number of halogens is 2. The fourth-order valence-corrected chi connectivity index (χ4v) is 6.71. The summed E-state index contributed by atoms with van der Waals surface area (Å²) in [7, 11) is 0. The SMILES string of the molecule is CCOC(=O)C(C)C(=O)Nc1cccc(F)c1.Cc1c(-c2ccccn2)nc2cc(F)ccc2c1N1CC(C)(C)c2ccc(N3CCOCC3)cc21. The van der Waals surface area contributed by atoms with E-state index < -0.39 is 23.6 Å². The van der Waals surface area contributed by atoms with Crippen molar-refractivity contribution < 1.29 is 27.8 Å². The van der Waals surface area contributed by atoms with Crippen molar-refractivity contribution in [3.05, 3.63) is 108 Å². The van der Waals surface area contributed by atoms with Gasteiger partial charge in [-0.2, -0.15) is 0 Å². The van der Waals surface area contributed by atoms with Gasteiger partial charge in [0.2, 0.25) is 5.91 Å². The summed E-state index contributed by atoms with van der Waals surface area (Å²) in [5, 5.41) is 3.39. The second-order valence-corrected chi connectivity index (χ2v) is 13.6. The van der Waals surface area contributed by atoms with Crippen LogP contribution in [0.4, 0.5) is 31.5 Å². The lowest BCUT2D eigenvalue weighted by atomic mass is 9.87. The third kappa shape index (κ3) is 7.74. The summed E-state index contributed by atoms with van der Waals surface area (Å²) in [6.45, 7) is 14.1. The van der Waals surface area contributed by atoms with Crippen LogP contribution in [0, 0.1) is 24.5 Å². The summed E-state index contributed by atoms with van der Waals surface area (Å²) in [6.07, 6.45) is 1.77. The molecule has 0 radical (unpaired) electrons. The van der Waals surface area contributed by atoms with Gasteiger partial charge < -0.3 is 24.6 Å². The molecule has 4 heterocycles. The van der Waals surface area contributed by atoms with Gasteiger partial charge in [-0.05, 0) is 80.9 Å². The van der Waals surface area contributed by atoms with Gasteiger partial charge in [-0.1, -0.05) is 32.0 Å². The molecule has 0 spiro atoms. The molecule has 2 aromatic heterocycles. The molecular formula is C41H43F2N5O4. The first-order valence-corrected chi connectivity index (χ1v) is 17.5. The van der Waals surface area contributed by atoms with Gasteiger partial charge in [0.05, 0.1) is 42.4 Å². The van der Waals surface area contributed by atoms with Crippen molar-refractivity contribution in [2.24, 2.45) is 5.92 Å². The van der Waals surface area contributed by atoms with Gasteiger partial charge in [0.15, 0.2) is 0 Å². The molecule has 1 unspecified atom stereocenters. The lowest BCUT2D eigenvalue weighted by Crippen LogP contribution is -2.36.